The van der Waals surface area contributed by atoms with Crippen LogP contribution in [0.15, 0.2) is 77.7 Å². The highest BCUT2D eigenvalue weighted by Gasteiger charge is 2.28. The Morgan fingerprint density at radius 3 is 2.29 bits per heavy atom. The minimum atomic E-state index is -4.00. The summed E-state index contributed by atoms with van der Waals surface area (Å²) in [6, 6.07) is 20.2. The monoisotopic (exact) mass is 502 g/mol. The molecule has 0 unspecified atom stereocenters. The van der Waals surface area contributed by atoms with Gasteiger partial charge >= 0.3 is 0 Å². The molecule has 3 aromatic carbocycles. The van der Waals surface area contributed by atoms with Crippen LogP contribution in [0.2, 0.25) is 5.02 Å². The summed E-state index contributed by atoms with van der Waals surface area (Å²) in [4.78, 5) is 12.8. The molecule has 1 N–H and O–H groups in total. The van der Waals surface area contributed by atoms with Crippen molar-refractivity contribution in [3.8, 4) is 11.5 Å². The summed E-state index contributed by atoms with van der Waals surface area (Å²) >= 11 is 6.28. The molecule has 0 saturated carbocycles. The zero-order chi connectivity index (χ0) is 24.6. The number of sulfonamides is 1. The summed E-state index contributed by atoms with van der Waals surface area (Å²) in [5.41, 5.74) is 1.28. The maximum Gasteiger partial charge on any atom is 0.264 e. The zero-order valence-electron chi connectivity index (χ0n) is 19.0. The highest BCUT2D eigenvalue weighted by Crippen LogP contribution is 2.30. The number of anilines is 1. The Morgan fingerprint density at radius 1 is 0.941 bits per heavy atom. The summed E-state index contributed by atoms with van der Waals surface area (Å²) in [5.74, 6) is 0.871. The lowest BCUT2D eigenvalue weighted by molar-refractivity contribution is -0.119. The van der Waals surface area contributed by atoms with Crippen LogP contribution in [-0.2, 0) is 21.2 Å². The van der Waals surface area contributed by atoms with Gasteiger partial charge in [0.05, 0.1) is 29.8 Å². The normalized spacial score (nSPS) is 11.0. The maximum atomic E-state index is 13.3. The third-order valence-electron chi connectivity index (χ3n) is 5.15. The topological polar surface area (TPSA) is 84.9 Å². The second-order valence-electron chi connectivity index (χ2n) is 7.42. The van der Waals surface area contributed by atoms with Crippen molar-refractivity contribution in [3.63, 3.8) is 0 Å². The molecule has 0 spiro atoms. The van der Waals surface area contributed by atoms with Gasteiger partial charge in [0.2, 0.25) is 5.91 Å². The third-order valence-corrected chi connectivity index (χ3v) is 7.25. The number of para-hydroxylation sites is 1. The predicted octanol–water partition coefficient (Wildman–Crippen LogP) is 4.30. The molecule has 9 heteroatoms. The Labute approximate surface area is 205 Å². The van der Waals surface area contributed by atoms with Gasteiger partial charge in [0.15, 0.2) is 11.5 Å². The van der Waals surface area contributed by atoms with Crippen LogP contribution in [0.5, 0.6) is 11.5 Å². The standard InChI is InChI=1S/C25H27ClN2O5S/c1-32-23-15-14-19(17-24(23)33-2)9-8-16-27-25(29)18-28(22-13-7-6-12-21(22)26)34(30,31)20-10-4-3-5-11-20/h3-7,10-15,17H,8-9,16,18H2,1-2H3,(H,27,29). The Bertz CT molecular complexity index is 1220. The van der Waals surface area contributed by atoms with Crippen LogP contribution in [-0.4, -0.2) is 41.6 Å². The van der Waals surface area contributed by atoms with Gasteiger partial charge in [-0.05, 0) is 54.8 Å². The Hall–Kier alpha value is -3.23. The lowest BCUT2D eigenvalue weighted by atomic mass is 10.1. The van der Waals surface area contributed by atoms with Crippen molar-refractivity contribution in [2.45, 2.75) is 17.7 Å². The highest BCUT2D eigenvalue weighted by atomic mass is 35.5. The fourth-order valence-electron chi connectivity index (χ4n) is 3.42. The smallest absolute Gasteiger partial charge is 0.264 e. The number of nitrogens with zero attached hydrogens (tertiary/aromatic N) is 1. The zero-order valence-corrected chi connectivity index (χ0v) is 20.6. The minimum absolute atomic E-state index is 0.0798. The molecule has 3 rings (SSSR count). The number of amides is 1. The Morgan fingerprint density at radius 2 is 1.62 bits per heavy atom. The van der Waals surface area contributed by atoms with E-state index in [0.717, 1.165) is 9.87 Å². The van der Waals surface area contributed by atoms with Crippen molar-refractivity contribution in [2.75, 3.05) is 31.6 Å². The number of halogens is 1. The largest absolute Gasteiger partial charge is 0.493 e. The second kappa shape index (κ2) is 11.8. The summed E-state index contributed by atoms with van der Waals surface area (Å²) in [6.07, 6.45) is 1.37. The van der Waals surface area contributed by atoms with Gasteiger partial charge in [0.1, 0.15) is 6.54 Å². The summed E-state index contributed by atoms with van der Waals surface area (Å²) in [6.45, 7) is -0.00769. The SMILES string of the molecule is COc1ccc(CCCNC(=O)CN(c2ccccc2Cl)S(=O)(=O)c2ccccc2)cc1OC. The van der Waals surface area contributed by atoms with Crippen LogP contribution in [0.4, 0.5) is 5.69 Å². The first-order valence-corrected chi connectivity index (χ1v) is 12.5. The van der Waals surface area contributed by atoms with Gasteiger partial charge in [0, 0.05) is 6.54 Å². The van der Waals surface area contributed by atoms with E-state index in [4.69, 9.17) is 21.1 Å². The molecule has 0 heterocycles. The quantitative estimate of drug-likeness (QED) is 0.395. The van der Waals surface area contributed by atoms with Crippen LogP contribution >= 0.6 is 11.6 Å². The minimum Gasteiger partial charge on any atom is -0.493 e. The number of benzene rings is 3. The fourth-order valence-corrected chi connectivity index (χ4v) is 5.16. The van der Waals surface area contributed by atoms with Gasteiger partial charge in [0.25, 0.3) is 10.0 Å². The van der Waals surface area contributed by atoms with Gasteiger partial charge < -0.3 is 14.8 Å². The number of nitrogens with one attached hydrogen (secondary N) is 1. The first-order valence-electron chi connectivity index (χ1n) is 10.7. The molecule has 0 fully saturated rings. The highest BCUT2D eigenvalue weighted by molar-refractivity contribution is 7.92. The predicted molar refractivity (Wildman–Crippen MR) is 133 cm³/mol. The van der Waals surface area contributed by atoms with E-state index in [1.807, 2.05) is 18.2 Å². The molecule has 180 valence electrons. The van der Waals surface area contributed by atoms with Crippen LogP contribution < -0.4 is 19.1 Å². The molecule has 3 aromatic rings. The molecular formula is C25H27ClN2O5S. The van der Waals surface area contributed by atoms with Gasteiger partial charge in [-0.15, -0.1) is 0 Å². The van der Waals surface area contributed by atoms with Crippen molar-refractivity contribution in [2.24, 2.45) is 0 Å². The van der Waals surface area contributed by atoms with Crippen molar-refractivity contribution < 1.29 is 22.7 Å². The molecule has 0 saturated heterocycles. The molecule has 7 nitrogen and oxygen atoms in total. The van der Waals surface area contributed by atoms with E-state index in [1.54, 1.807) is 56.7 Å². The maximum absolute atomic E-state index is 13.3. The number of ether oxygens (including phenoxy) is 2. The second-order valence-corrected chi connectivity index (χ2v) is 9.69. The van der Waals surface area contributed by atoms with Crippen LogP contribution in [0.25, 0.3) is 0 Å². The average molecular weight is 503 g/mol. The Kier molecular flexibility index (Phi) is 8.79. The van der Waals surface area contributed by atoms with E-state index >= 15 is 0 Å². The molecule has 0 bridgehead atoms. The molecule has 34 heavy (non-hydrogen) atoms. The van der Waals surface area contributed by atoms with Gasteiger partial charge in [-0.1, -0.05) is 48.0 Å². The third kappa shape index (κ3) is 6.21. The van der Waals surface area contributed by atoms with Gasteiger partial charge in [-0.25, -0.2) is 8.42 Å². The van der Waals surface area contributed by atoms with Crippen molar-refractivity contribution in [1.29, 1.82) is 0 Å². The number of carbonyl (C=O) groups excluding carboxylic acids is 1. The first-order chi connectivity index (χ1) is 16.4. The van der Waals surface area contributed by atoms with Crippen molar-refractivity contribution in [1.82, 2.24) is 5.32 Å². The van der Waals surface area contributed by atoms with Gasteiger partial charge in [-0.2, -0.15) is 0 Å². The van der Waals surface area contributed by atoms with Crippen LogP contribution in [0.3, 0.4) is 0 Å². The fraction of sp³-hybridized carbons (Fsp3) is 0.240. The number of methoxy groups -OCH3 is 2. The van der Waals surface area contributed by atoms with E-state index in [2.05, 4.69) is 5.32 Å². The van der Waals surface area contributed by atoms with E-state index in [1.165, 1.54) is 12.1 Å². The first kappa shape index (κ1) is 25.4. The summed E-state index contributed by atoms with van der Waals surface area (Å²) < 4.78 is 38.2. The Balaban J connectivity index is 1.67. The molecule has 0 aliphatic heterocycles. The number of carbonyl (C=O) groups is 1. The van der Waals surface area contributed by atoms with E-state index < -0.39 is 22.5 Å². The van der Waals surface area contributed by atoms with Gasteiger partial charge in [-0.3, -0.25) is 9.10 Å². The summed E-state index contributed by atoms with van der Waals surface area (Å²) in [5, 5.41) is 3.04. The van der Waals surface area contributed by atoms with E-state index in [0.29, 0.717) is 30.9 Å². The van der Waals surface area contributed by atoms with E-state index in [-0.39, 0.29) is 15.6 Å². The molecule has 1 amide bonds. The van der Waals surface area contributed by atoms with Crippen LogP contribution in [0, 0.1) is 0 Å². The molecule has 0 aliphatic rings. The lowest BCUT2D eigenvalue weighted by Crippen LogP contribution is -2.41. The van der Waals surface area contributed by atoms with Crippen molar-refractivity contribution in [3.05, 3.63) is 83.4 Å². The van der Waals surface area contributed by atoms with E-state index in [9.17, 15) is 13.2 Å². The summed E-state index contributed by atoms with van der Waals surface area (Å²) in [7, 11) is -0.838. The number of hydrogen-bond acceptors (Lipinski definition) is 5. The molecule has 0 radical (unpaired) electrons. The average Bonchev–Trinajstić information content (AvgIpc) is 2.86. The molecule has 0 aliphatic carbocycles. The number of aryl methyl sites for hydroxylation is 1. The number of hydrogen-bond donors (Lipinski definition) is 1. The lowest BCUT2D eigenvalue weighted by Gasteiger charge is -2.25. The molecule has 0 aromatic heterocycles. The van der Waals surface area contributed by atoms with Crippen LogP contribution in [0.1, 0.15) is 12.0 Å². The van der Waals surface area contributed by atoms with Crippen molar-refractivity contribution >= 4 is 33.2 Å². The molecular weight excluding hydrogens is 476 g/mol. The molecule has 0 atom stereocenters. The number of rotatable bonds is 11.